The van der Waals surface area contributed by atoms with E-state index in [2.05, 4.69) is 19.2 Å². The van der Waals surface area contributed by atoms with Gasteiger partial charge in [0.15, 0.2) is 0 Å². The van der Waals surface area contributed by atoms with Crippen molar-refractivity contribution < 1.29 is 14.7 Å². The number of nitrogens with one attached hydrogen (secondary N) is 1. The highest BCUT2D eigenvalue weighted by molar-refractivity contribution is 7.98. The molecule has 0 spiro atoms. The molecule has 2 amide bonds. The van der Waals surface area contributed by atoms with Gasteiger partial charge in [-0.1, -0.05) is 13.8 Å². The van der Waals surface area contributed by atoms with E-state index in [0.717, 1.165) is 38.1 Å². The Bertz CT molecular complexity index is 345. The highest BCUT2D eigenvalue weighted by Gasteiger charge is 2.37. The lowest BCUT2D eigenvalue weighted by atomic mass is 9.82. The van der Waals surface area contributed by atoms with Gasteiger partial charge < -0.3 is 15.3 Å². The summed E-state index contributed by atoms with van der Waals surface area (Å²) in [5, 5.41) is 11.8. The van der Waals surface area contributed by atoms with Crippen LogP contribution in [0.15, 0.2) is 0 Å². The SMILES string of the molecule is CCC1(CC)CCN(C(=O)N[C@@H](CCSC)C(=O)O)C1. The van der Waals surface area contributed by atoms with Gasteiger partial charge in [0.1, 0.15) is 6.04 Å². The average molecular weight is 302 g/mol. The van der Waals surface area contributed by atoms with E-state index in [4.69, 9.17) is 5.11 Å². The quantitative estimate of drug-likeness (QED) is 0.758. The number of aliphatic carboxylic acids is 1. The van der Waals surface area contributed by atoms with Crippen LogP contribution in [0.4, 0.5) is 4.79 Å². The zero-order valence-electron chi connectivity index (χ0n) is 12.6. The van der Waals surface area contributed by atoms with Crippen LogP contribution in [0.5, 0.6) is 0 Å². The lowest BCUT2D eigenvalue weighted by Crippen LogP contribution is -2.48. The molecule has 6 heteroatoms. The fourth-order valence-corrected chi connectivity index (χ4v) is 3.14. The fraction of sp³-hybridized carbons (Fsp3) is 0.857. The van der Waals surface area contributed by atoms with E-state index >= 15 is 0 Å². The molecular formula is C14H26N2O3S. The summed E-state index contributed by atoms with van der Waals surface area (Å²) in [6.45, 7) is 5.77. The minimum atomic E-state index is -0.955. The van der Waals surface area contributed by atoms with Crippen molar-refractivity contribution in [1.82, 2.24) is 10.2 Å². The molecule has 0 aromatic carbocycles. The van der Waals surface area contributed by atoms with Gasteiger partial charge in [-0.25, -0.2) is 9.59 Å². The van der Waals surface area contributed by atoms with Gasteiger partial charge in [-0.05, 0) is 43.1 Å². The van der Waals surface area contributed by atoms with Gasteiger partial charge in [-0.15, -0.1) is 0 Å². The molecule has 116 valence electrons. The summed E-state index contributed by atoms with van der Waals surface area (Å²) in [5.74, 6) is -0.227. The summed E-state index contributed by atoms with van der Waals surface area (Å²) in [5.41, 5.74) is 0.218. The summed E-state index contributed by atoms with van der Waals surface area (Å²) in [4.78, 5) is 25.1. The van der Waals surface area contributed by atoms with Gasteiger partial charge in [0.05, 0.1) is 0 Å². The van der Waals surface area contributed by atoms with Crippen LogP contribution < -0.4 is 5.32 Å². The van der Waals surface area contributed by atoms with Crippen LogP contribution in [-0.4, -0.2) is 53.1 Å². The van der Waals surface area contributed by atoms with Crippen molar-refractivity contribution in [3.8, 4) is 0 Å². The molecule has 0 unspecified atom stereocenters. The third kappa shape index (κ3) is 4.30. The van der Waals surface area contributed by atoms with Crippen molar-refractivity contribution in [2.24, 2.45) is 5.41 Å². The smallest absolute Gasteiger partial charge is 0.326 e. The number of carbonyl (C=O) groups is 2. The van der Waals surface area contributed by atoms with Gasteiger partial charge in [0, 0.05) is 13.1 Å². The van der Waals surface area contributed by atoms with Crippen molar-refractivity contribution >= 4 is 23.8 Å². The second kappa shape index (κ2) is 7.76. The van der Waals surface area contributed by atoms with E-state index < -0.39 is 12.0 Å². The second-order valence-electron chi connectivity index (χ2n) is 5.50. The largest absolute Gasteiger partial charge is 0.480 e. The number of carbonyl (C=O) groups excluding carboxylic acids is 1. The zero-order valence-corrected chi connectivity index (χ0v) is 13.5. The third-order valence-electron chi connectivity index (χ3n) is 4.43. The molecule has 1 aliphatic heterocycles. The standard InChI is InChI=1S/C14H26N2O3S/c1-4-14(5-2)7-8-16(10-14)13(19)15-11(12(17)18)6-9-20-3/h11H,4-10H2,1-3H3,(H,15,19)(H,17,18)/t11-/m0/s1. The van der Waals surface area contributed by atoms with Crippen LogP contribution >= 0.6 is 11.8 Å². The first kappa shape index (κ1) is 17.1. The Hall–Kier alpha value is -0.910. The lowest BCUT2D eigenvalue weighted by molar-refractivity contribution is -0.139. The maximum Gasteiger partial charge on any atom is 0.326 e. The van der Waals surface area contributed by atoms with Crippen LogP contribution in [0.25, 0.3) is 0 Å². The number of hydrogen-bond donors (Lipinski definition) is 2. The Morgan fingerprint density at radius 3 is 2.50 bits per heavy atom. The second-order valence-corrected chi connectivity index (χ2v) is 6.49. The van der Waals surface area contributed by atoms with E-state index in [9.17, 15) is 9.59 Å². The number of likely N-dealkylation sites (tertiary alicyclic amines) is 1. The molecule has 5 nitrogen and oxygen atoms in total. The van der Waals surface area contributed by atoms with E-state index in [1.807, 2.05) is 6.26 Å². The monoisotopic (exact) mass is 302 g/mol. The molecule has 20 heavy (non-hydrogen) atoms. The first-order valence-corrected chi connectivity index (χ1v) is 8.64. The molecular weight excluding hydrogens is 276 g/mol. The molecule has 1 rings (SSSR count). The number of rotatable bonds is 7. The summed E-state index contributed by atoms with van der Waals surface area (Å²) in [6.07, 6.45) is 5.51. The van der Waals surface area contributed by atoms with E-state index in [1.165, 1.54) is 0 Å². The van der Waals surface area contributed by atoms with Crippen molar-refractivity contribution in [3.63, 3.8) is 0 Å². The number of carboxylic acid groups (broad SMARTS) is 1. The molecule has 1 saturated heterocycles. The van der Waals surface area contributed by atoms with Crippen LogP contribution in [0.3, 0.4) is 0 Å². The predicted molar refractivity (Wildman–Crippen MR) is 82.2 cm³/mol. The van der Waals surface area contributed by atoms with Crippen molar-refractivity contribution in [2.45, 2.75) is 45.6 Å². The molecule has 1 fully saturated rings. The Morgan fingerprint density at radius 1 is 1.40 bits per heavy atom. The Kier molecular flexibility index (Phi) is 6.65. The highest BCUT2D eigenvalue weighted by atomic mass is 32.2. The predicted octanol–water partition coefficient (Wildman–Crippen LogP) is 2.41. The average Bonchev–Trinajstić information content (AvgIpc) is 2.88. The third-order valence-corrected chi connectivity index (χ3v) is 5.08. The number of amides is 2. The number of carboxylic acids is 1. The molecule has 0 radical (unpaired) electrons. The van der Waals surface area contributed by atoms with E-state index in [0.29, 0.717) is 6.42 Å². The number of hydrogen-bond acceptors (Lipinski definition) is 3. The van der Waals surface area contributed by atoms with Crippen molar-refractivity contribution in [3.05, 3.63) is 0 Å². The van der Waals surface area contributed by atoms with Crippen LogP contribution in [-0.2, 0) is 4.79 Å². The van der Waals surface area contributed by atoms with Gasteiger partial charge in [0.2, 0.25) is 0 Å². The number of nitrogens with zero attached hydrogens (tertiary/aromatic N) is 1. The normalized spacial score (nSPS) is 18.9. The molecule has 2 N–H and O–H groups in total. The van der Waals surface area contributed by atoms with Crippen molar-refractivity contribution in [1.29, 1.82) is 0 Å². The molecule has 0 bridgehead atoms. The molecule has 0 aliphatic carbocycles. The van der Waals surface area contributed by atoms with Crippen LogP contribution in [0.1, 0.15) is 39.5 Å². The maximum absolute atomic E-state index is 12.2. The van der Waals surface area contributed by atoms with Gasteiger partial charge in [-0.2, -0.15) is 11.8 Å². The maximum atomic E-state index is 12.2. The van der Waals surface area contributed by atoms with Crippen LogP contribution in [0.2, 0.25) is 0 Å². The molecule has 0 saturated carbocycles. The Labute approximate surface area is 125 Å². The molecule has 0 aromatic heterocycles. The van der Waals surface area contributed by atoms with E-state index in [-0.39, 0.29) is 11.4 Å². The first-order valence-electron chi connectivity index (χ1n) is 7.25. The molecule has 1 atom stereocenters. The Morgan fingerprint density at radius 2 is 2.05 bits per heavy atom. The fourth-order valence-electron chi connectivity index (χ4n) is 2.67. The number of urea groups is 1. The zero-order chi connectivity index (χ0) is 15.2. The topological polar surface area (TPSA) is 69.6 Å². The van der Waals surface area contributed by atoms with Gasteiger partial charge in [0.25, 0.3) is 0 Å². The first-order chi connectivity index (χ1) is 9.48. The van der Waals surface area contributed by atoms with Crippen molar-refractivity contribution in [2.75, 3.05) is 25.1 Å². The minimum absolute atomic E-state index is 0.218. The lowest BCUT2D eigenvalue weighted by Gasteiger charge is -2.27. The van der Waals surface area contributed by atoms with Gasteiger partial charge in [-0.3, -0.25) is 0 Å². The molecule has 1 aliphatic rings. The molecule has 0 aromatic rings. The molecule has 1 heterocycles. The minimum Gasteiger partial charge on any atom is -0.480 e. The summed E-state index contributed by atoms with van der Waals surface area (Å²) in [6, 6.07) is -1.02. The van der Waals surface area contributed by atoms with E-state index in [1.54, 1.807) is 16.7 Å². The highest BCUT2D eigenvalue weighted by Crippen LogP contribution is 2.36. The van der Waals surface area contributed by atoms with Crippen LogP contribution in [0, 0.1) is 5.41 Å². The number of thioether (sulfide) groups is 1. The Balaban J connectivity index is 2.55. The summed E-state index contributed by atoms with van der Waals surface area (Å²) >= 11 is 1.59. The van der Waals surface area contributed by atoms with Gasteiger partial charge >= 0.3 is 12.0 Å². The summed E-state index contributed by atoms with van der Waals surface area (Å²) < 4.78 is 0. The summed E-state index contributed by atoms with van der Waals surface area (Å²) in [7, 11) is 0.